The molecule has 7 heteroatoms. The van der Waals surface area contributed by atoms with E-state index in [2.05, 4.69) is 17.6 Å². The van der Waals surface area contributed by atoms with Crippen LogP contribution in [0.15, 0.2) is 53.4 Å². The summed E-state index contributed by atoms with van der Waals surface area (Å²) in [5, 5.41) is 6.06. The average molecular weight is 361 g/mol. The summed E-state index contributed by atoms with van der Waals surface area (Å²) in [6, 6.07) is 13.3. The minimum absolute atomic E-state index is 0.153. The third-order valence-electron chi connectivity index (χ3n) is 3.62. The Bertz CT molecular complexity index is 814. The summed E-state index contributed by atoms with van der Waals surface area (Å²) >= 11 is 0. The van der Waals surface area contributed by atoms with Crippen molar-refractivity contribution in [2.75, 3.05) is 31.3 Å². The summed E-state index contributed by atoms with van der Waals surface area (Å²) in [6.07, 6.45) is 1.04. The van der Waals surface area contributed by atoms with Crippen LogP contribution >= 0.6 is 0 Å². The molecule has 2 aromatic rings. The lowest BCUT2D eigenvalue weighted by molar-refractivity contribution is 0.102. The van der Waals surface area contributed by atoms with E-state index in [-0.39, 0.29) is 10.8 Å². The van der Waals surface area contributed by atoms with Crippen LogP contribution in [0.25, 0.3) is 0 Å². The number of benzene rings is 2. The maximum Gasteiger partial charge on any atom is 0.255 e. The summed E-state index contributed by atoms with van der Waals surface area (Å²) in [7, 11) is -0.562. The molecular weight excluding hydrogens is 338 g/mol. The third-order valence-corrected chi connectivity index (χ3v) is 5.45. The van der Waals surface area contributed by atoms with Crippen LogP contribution in [0.4, 0.5) is 11.4 Å². The Morgan fingerprint density at radius 3 is 2.04 bits per heavy atom. The highest BCUT2D eigenvalue weighted by Gasteiger charge is 2.17. The van der Waals surface area contributed by atoms with Gasteiger partial charge in [0.15, 0.2) is 0 Å². The van der Waals surface area contributed by atoms with Crippen molar-refractivity contribution in [3.63, 3.8) is 0 Å². The van der Waals surface area contributed by atoms with Gasteiger partial charge in [-0.25, -0.2) is 12.7 Å². The van der Waals surface area contributed by atoms with Crippen LogP contribution in [0.5, 0.6) is 0 Å². The largest absolute Gasteiger partial charge is 0.385 e. The lowest BCUT2D eigenvalue weighted by Gasteiger charge is -2.12. The van der Waals surface area contributed by atoms with Gasteiger partial charge in [-0.15, -0.1) is 0 Å². The molecule has 0 bridgehead atoms. The number of carbonyl (C=O) groups is 1. The van der Waals surface area contributed by atoms with Gasteiger partial charge in [-0.3, -0.25) is 4.79 Å². The zero-order valence-electron chi connectivity index (χ0n) is 14.6. The maximum atomic E-state index is 12.3. The number of sulfonamides is 1. The molecule has 2 aromatic carbocycles. The Labute approximate surface area is 148 Å². The van der Waals surface area contributed by atoms with Crippen molar-refractivity contribution in [1.82, 2.24) is 4.31 Å². The van der Waals surface area contributed by atoms with E-state index in [4.69, 9.17) is 0 Å². The third kappa shape index (κ3) is 4.80. The molecule has 0 radical (unpaired) electrons. The molecule has 0 unspecified atom stereocenters. The summed E-state index contributed by atoms with van der Waals surface area (Å²) in [5.41, 5.74) is 2.07. The number of hydrogen-bond acceptors (Lipinski definition) is 4. The number of anilines is 2. The van der Waals surface area contributed by atoms with Gasteiger partial charge in [0.1, 0.15) is 0 Å². The van der Waals surface area contributed by atoms with Crippen LogP contribution in [0, 0.1) is 0 Å². The SMILES string of the molecule is CCCNc1ccc(NC(=O)c2ccc(S(=O)(=O)N(C)C)cc2)cc1. The Kier molecular flexibility index (Phi) is 6.17. The topological polar surface area (TPSA) is 78.5 Å². The van der Waals surface area contributed by atoms with Crippen molar-refractivity contribution in [2.45, 2.75) is 18.2 Å². The van der Waals surface area contributed by atoms with Crippen LogP contribution in [0.3, 0.4) is 0 Å². The Balaban J connectivity index is 2.06. The van der Waals surface area contributed by atoms with Crippen LogP contribution in [0.1, 0.15) is 23.7 Å². The van der Waals surface area contributed by atoms with Gasteiger partial charge in [-0.05, 0) is 55.0 Å². The fourth-order valence-electron chi connectivity index (χ4n) is 2.13. The zero-order valence-corrected chi connectivity index (χ0v) is 15.4. The highest BCUT2D eigenvalue weighted by Crippen LogP contribution is 2.17. The summed E-state index contributed by atoms with van der Waals surface area (Å²) < 4.78 is 25.2. The van der Waals surface area contributed by atoms with Gasteiger partial charge in [0.2, 0.25) is 10.0 Å². The number of carbonyl (C=O) groups excluding carboxylic acids is 1. The predicted molar refractivity (Wildman–Crippen MR) is 100 cm³/mol. The molecule has 0 atom stereocenters. The molecule has 0 saturated carbocycles. The average Bonchev–Trinajstić information content (AvgIpc) is 2.61. The first-order chi connectivity index (χ1) is 11.8. The Hall–Kier alpha value is -2.38. The molecule has 2 N–H and O–H groups in total. The smallest absolute Gasteiger partial charge is 0.255 e. The van der Waals surface area contributed by atoms with Gasteiger partial charge >= 0.3 is 0 Å². The van der Waals surface area contributed by atoms with Gasteiger partial charge in [0.25, 0.3) is 5.91 Å². The minimum atomic E-state index is -3.50. The molecule has 0 spiro atoms. The van der Waals surface area contributed by atoms with Crippen LogP contribution in [-0.2, 0) is 10.0 Å². The molecule has 1 amide bonds. The van der Waals surface area contributed by atoms with E-state index >= 15 is 0 Å². The molecule has 0 heterocycles. The second-order valence-electron chi connectivity index (χ2n) is 5.77. The van der Waals surface area contributed by atoms with Gasteiger partial charge in [-0.2, -0.15) is 0 Å². The monoisotopic (exact) mass is 361 g/mol. The molecule has 25 heavy (non-hydrogen) atoms. The predicted octanol–water partition coefficient (Wildman–Crippen LogP) is 3.01. The van der Waals surface area contributed by atoms with E-state index in [1.165, 1.54) is 38.4 Å². The molecule has 0 fully saturated rings. The number of nitrogens with zero attached hydrogens (tertiary/aromatic N) is 1. The number of hydrogen-bond donors (Lipinski definition) is 2. The van der Waals surface area contributed by atoms with E-state index < -0.39 is 10.0 Å². The lowest BCUT2D eigenvalue weighted by atomic mass is 10.2. The normalized spacial score (nSPS) is 11.4. The first-order valence-electron chi connectivity index (χ1n) is 8.02. The molecule has 134 valence electrons. The van der Waals surface area contributed by atoms with Crippen molar-refractivity contribution >= 4 is 27.3 Å². The second kappa shape index (κ2) is 8.13. The highest BCUT2D eigenvalue weighted by atomic mass is 32.2. The Morgan fingerprint density at radius 1 is 0.960 bits per heavy atom. The first-order valence-corrected chi connectivity index (χ1v) is 9.46. The van der Waals surface area contributed by atoms with Gasteiger partial charge < -0.3 is 10.6 Å². The van der Waals surface area contributed by atoms with Gasteiger partial charge in [-0.1, -0.05) is 6.92 Å². The zero-order chi connectivity index (χ0) is 18.4. The fourth-order valence-corrected chi connectivity index (χ4v) is 3.03. The van der Waals surface area contributed by atoms with E-state index in [9.17, 15) is 13.2 Å². The van der Waals surface area contributed by atoms with Crippen molar-refractivity contribution in [1.29, 1.82) is 0 Å². The van der Waals surface area contributed by atoms with E-state index in [1.807, 2.05) is 24.3 Å². The van der Waals surface area contributed by atoms with Crippen molar-refractivity contribution < 1.29 is 13.2 Å². The van der Waals surface area contributed by atoms with Crippen LogP contribution in [-0.4, -0.2) is 39.3 Å². The molecule has 2 rings (SSSR count). The highest BCUT2D eigenvalue weighted by molar-refractivity contribution is 7.89. The summed E-state index contributed by atoms with van der Waals surface area (Å²) in [4.78, 5) is 12.4. The minimum Gasteiger partial charge on any atom is -0.385 e. The van der Waals surface area contributed by atoms with Crippen LogP contribution in [0.2, 0.25) is 0 Å². The molecule has 0 saturated heterocycles. The fraction of sp³-hybridized carbons (Fsp3) is 0.278. The number of rotatable bonds is 7. The van der Waals surface area contributed by atoms with Gasteiger partial charge in [0, 0.05) is 37.6 Å². The van der Waals surface area contributed by atoms with E-state index in [0.29, 0.717) is 11.3 Å². The van der Waals surface area contributed by atoms with Crippen molar-refractivity contribution in [2.24, 2.45) is 0 Å². The number of amides is 1. The molecule has 6 nitrogen and oxygen atoms in total. The van der Waals surface area contributed by atoms with Crippen molar-refractivity contribution in [3.8, 4) is 0 Å². The summed E-state index contributed by atoms with van der Waals surface area (Å²) in [5.74, 6) is -0.289. The molecule has 0 aromatic heterocycles. The standard InChI is InChI=1S/C18H23N3O3S/c1-4-13-19-15-7-9-16(10-8-15)20-18(22)14-5-11-17(12-6-14)25(23,24)21(2)3/h5-12,19H,4,13H2,1-3H3,(H,20,22). The lowest BCUT2D eigenvalue weighted by Crippen LogP contribution is -2.22. The molecule has 0 aliphatic heterocycles. The molecular formula is C18H23N3O3S. The molecule has 0 aliphatic carbocycles. The first kappa shape index (κ1) is 19.0. The van der Waals surface area contributed by atoms with Crippen LogP contribution < -0.4 is 10.6 Å². The maximum absolute atomic E-state index is 12.3. The molecule has 0 aliphatic rings. The van der Waals surface area contributed by atoms with Gasteiger partial charge in [0.05, 0.1) is 4.90 Å². The van der Waals surface area contributed by atoms with E-state index in [0.717, 1.165) is 23.0 Å². The second-order valence-corrected chi connectivity index (χ2v) is 7.92. The van der Waals surface area contributed by atoms with E-state index in [1.54, 1.807) is 0 Å². The Morgan fingerprint density at radius 2 is 1.52 bits per heavy atom. The van der Waals surface area contributed by atoms with Crippen molar-refractivity contribution in [3.05, 3.63) is 54.1 Å². The number of nitrogens with one attached hydrogen (secondary N) is 2. The quantitative estimate of drug-likeness (QED) is 0.795. The summed E-state index contributed by atoms with van der Waals surface area (Å²) in [6.45, 7) is 2.99.